The van der Waals surface area contributed by atoms with E-state index in [4.69, 9.17) is 0 Å². The van der Waals surface area contributed by atoms with Crippen LogP contribution in [0.5, 0.6) is 0 Å². The zero-order valence-electron chi connectivity index (χ0n) is 9.74. The molecule has 88 valence electrons. The minimum Gasteiger partial charge on any atom is -0.331 e. The van der Waals surface area contributed by atoms with E-state index in [0.717, 1.165) is 18.4 Å². The standard InChI is InChI=1S/C14H15NO2/c16-13-6-7-15(9-13)14(17)12-5-4-10-2-1-3-11(10)8-12/h4-5,8H,1-3,6-7,9H2. The van der Waals surface area contributed by atoms with E-state index in [-0.39, 0.29) is 18.2 Å². The van der Waals surface area contributed by atoms with Gasteiger partial charge in [-0.1, -0.05) is 6.07 Å². The third-order valence-corrected chi connectivity index (χ3v) is 3.66. The summed E-state index contributed by atoms with van der Waals surface area (Å²) in [6, 6.07) is 5.97. The first-order chi connectivity index (χ1) is 8.24. The third-order valence-electron chi connectivity index (χ3n) is 3.66. The van der Waals surface area contributed by atoms with Crippen LogP contribution in [0.1, 0.15) is 34.3 Å². The number of likely N-dealkylation sites (tertiary alicyclic amines) is 1. The molecule has 0 aromatic heterocycles. The molecular formula is C14H15NO2. The van der Waals surface area contributed by atoms with E-state index < -0.39 is 0 Å². The Morgan fingerprint density at radius 3 is 2.71 bits per heavy atom. The Morgan fingerprint density at radius 1 is 1.12 bits per heavy atom. The number of benzene rings is 1. The molecule has 0 bridgehead atoms. The van der Waals surface area contributed by atoms with Gasteiger partial charge in [0.25, 0.3) is 5.91 Å². The highest BCUT2D eigenvalue weighted by molar-refractivity contribution is 5.98. The molecule has 3 rings (SSSR count). The van der Waals surface area contributed by atoms with Crippen LogP contribution < -0.4 is 0 Å². The van der Waals surface area contributed by atoms with Gasteiger partial charge in [0, 0.05) is 18.5 Å². The zero-order chi connectivity index (χ0) is 11.8. The first-order valence-electron chi connectivity index (χ1n) is 6.17. The van der Waals surface area contributed by atoms with Crippen LogP contribution in [0.25, 0.3) is 0 Å². The van der Waals surface area contributed by atoms with Gasteiger partial charge in [-0.05, 0) is 42.5 Å². The zero-order valence-corrected chi connectivity index (χ0v) is 9.74. The third kappa shape index (κ3) is 1.86. The van der Waals surface area contributed by atoms with Gasteiger partial charge in [-0.2, -0.15) is 0 Å². The molecule has 1 aliphatic carbocycles. The maximum atomic E-state index is 12.2. The quantitative estimate of drug-likeness (QED) is 0.733. The summed E-state index contributed by atoms with van der Waals surface area (Å²) in [5.74, 6) is 0.171. The van der Waals surface area contributed by atoms with Crippen LogP contribution in [0, 0.1) is 0 Å². The summed E-state index contributed by atoms with van der Waals surface area (Å²) in [5.41, 5.74) is 3.42. The summed E-state index contributed by atoms with van der Waals surface area (Å²) in [6.45, 7) is 0.866. The van der Waals surface area contributed by atoms with E-state index in [0.29, 0.717) is 13.0 Å². The molecule has 0 unspecified atom stereocenters. The van der Waals surface area contributed by atoms with Crippen molar-refractivity contribution in [3.63, 3.8) is 0 Å². The van der Waals surface area contributed by atoms with E-state index in [1.807, 2.05) is 12.1 Å². The number of amides is 1. The predicted octanol–water partition coefficient (Wildman–Crippen LogP) is 1.59. The number of carbonyl (C=O) groups excluding carboxylic acids is 2. The second-order valence-electron chi connectivity index (χ2n) is 4.85. The molecule has 0 atom stereocenters. The van der Waals surface area contributed by atoms with Gasteiger partial charge in [0.05, 0.1) is 6.54 Å². The lowest BCUT2D eigenvalue weighted by atomic mass is 10.1. The Bertz CT molecular complexity index is 493. The van der Waals surface area contributed by atoms with Crippen LogP contribution >= 0.6 is 0 Å². The molecule has 3 nitrogen and oxygen atoms in total. The average Bonchev–Trinajstić information content (AvgIpc) is 2.95. The van der Waals surface area contributed by atoms with Crippen LogP contribution in [-0.4, -0.2) is 29.7 Å². The summed E-state index contributed by atoms with van der Waals surface area (Å²) in [6.07, 6.45) is 3.91. The van der Waals surface area contributed by atoms with Crippen LogP contribution in [0.3, 0.4) is 0 Å². The van der Waals surface area contributed by atoms with Crippen LogP contribution in [0.4, 0.5) is 0 Å². The molecule has 3 heteroatoms. The number of fused-ring (bicyclic) bond motifs is 1. The molecular weight excluding hydrogens is 214 g/mol. The van der Waals surface area contributed by atoms with Gasteiger partial charge in [-0.15, -0.1) is 0 Å². The number of hydrogen-bond donors (Lipinski definition) is 0. The molecule has 1 aromatic rings. The predicted molar refractivity (Wildman–Crippen MR) is 64.0 cm³/mol. The molecule has 0 spiro atoms. The van der Waals surface area contributed by atoms with Gasteiger partial charge in [0.1, 0.15) is 0 Å². The van der Waals surface area contributed by atoms with Gasteiger partial charge in [0.15, 0.2) is 5.78 Å². The van der Waals surface area contributed by atoms with Crippen molar-refractivity contribution in [3.8, 4) is 0 Å². The largest absolute Gasteiger partial charge is 0.331 e. The molecule has 0 saturated carbocycles. The molecule has 1 aliphatic heterocycles. The van der Waals surface area contributed by atoms with E-state index in [2.05, 4.69) is 6.07 Å². The summed E-state index contributed by atoms with van der Waals surface area (Å²) < 4.78 is 0. The van der Waals surface area contributed by atoms with Crippen molar-refractivity contribution in [1.82, 2.24) is 4.90 Å². The first kappa shape index (κ1) is 10.5. The minimum absolute atomic E-state index is 0.00514. The minimum atomic E-state index is 0.00514. The van der Waals surface area contributed by atoms with Crippen molar-refractivity contribution in [3.05, 3.63) is 34.9 Å². The van der Waals surface area contributed by atoms with E-state index >= 15 is 0 Å². The molecule has 17 heavy (non-hydrogen) atoms. The molecule has 1 aromatic carbocycles. The lowest BCUT2D eigenvalue weighted by Gasteiger charge is -2.14. The number of aryl methyl sites for hydroxylation is 2. The number of hydrogen-bond acceptors (Lipinski definition) is 2. The SMILES string of the molecule is O=C1CCN(C(=O)c2ccc3c(c2)CCC3)C1. The summed E-state index contributed by atoms with van der Waals surface area (Å²) >= 11 is 0. The van der Waals surface area contributed by atoms with Crippen LogP contribution in [0.15, 0.2) is 18.2 Å². The maximum absolute atomic E-state index is 12.2. The van der Waals surface area contributed by atoms with Crippen molar-refractivity contribution in [2.24, 2.45) is 0 Å². The van der Waals surface area contributed by atoms with E-state index in [1.165, 1.54) is 17.5 Å². The van der Waals surface area contributed by atoms with Crippen molar-refractivity contribution in [2.75, 3.05) is 13.1 Å². The number of carbonyl (C=O) groups is 2. The topological polar surface area (TPSA) is 37.4 Å². The highest BCUT2D eigenvalue weighted by Gasteiger charge is 2.25. The van der Waals surface area contributed by atoms with Crippen molar-refractivity contribution >= 4 is 11.7 Å². The van der Waals surface area contributed by atoms with E-state index in [9.17, 15) is 9.59 Å². The molecule has 1 saturated heterocycles. The average molecular weight is 229 g/mol. The highest BCUT2D eigenvalue weighted by Crippen LogP contribution is 2.23. The smallest absolute Gasteiger partial charge is 0.254 e. The Kier molecular flexibility index (Phi) is 2.46. The van der Waals surface area contributed by atoms with Crippen molar-refractivity contribution in [1.29, 1.82) is 0 Å². The normalized spacial score (nSPS) is 18.6. The van der Waals surface area contributed by atoms with Crippen molar-refractivity contribution < 1.29 is 9.59 Å². The van der Waals surface area contributed by atoms with Crippen molar-refractivity contribution in [2.45, 2.75) is 25.7 Å². The molecule has 2 aliphatic rings. The molecule has 1 fully saturated rings. The van der Waals surface area contributed by atoms with Gasteiger partial charge < -0.3 is 4.90 Å². The van der Waals surface area contributed by atoms with Gasteiger partial charge in [0.2, 0.25) is 0 Å². The molecule has 1 heterocycles. The lowest BCUT2D eigenvalue weighted by molar-refractivity contribution is -0.116. The fraction of sp³-hybridized carbons (Fsp3) is 0.429. The number of ketones is 1. The molecule has 0 radical (unpaired) electrons. The highest BCUT2D eigenvalue weighted by atomic mass is 16.2. The Labute approximate surface area is 100 Å². The van der Waals surface area contributed by atoms with Gasteiger partial charge >= 0.3 is 0 Å². The Hall–Kier alpha value is -1.64. The fourth-order valence-corrected chi connectivity index (χ4v) is 2.69. The van der Waals surface area contributed by atoms with Crippen LogP contribution in [0.2, 0.25) is 0 Å². The molecule has 1 amide bonds. The van der Waals surface area contributed by atoms with E-state index in [1.54, 1.807) is 4.90 Å². The Morgan fingerprint density at radius 2 is 1.94 bits per heavy atom. The monoisotopic (exact) mass is 229 g/mol. The summed E-state index contributed by atoms with van der Waals surface area (Å²) in [5, 5.41) is 0. The Balaban J connectivity index is 1.84. The summed E-state index contributed by atoms with van der Waals surface area (Å²) in [4.78, 5) is 25.0. The van der Waals surface area contributed by atoms with Gasteiger partial charge in [-0.3, -0.25) is 9.59 Å². The number of Topliss-reactive ketones (excluding diaryl/α,β-unsaturated/α-hetero) is 1. The molecule has 0 N–H and O–H groups in total. The fourth-order valence-electron chi connectivity index (χ4n) is 2.69. The number of rotatable bonds is 1. The second-order valence-corrected chi connectivity index (χ2v) is 4.85. The lowest BCUT2D eigenvalue weighted by Crippen LogP contribution is -2.28. The summed E-state index contributed by atoms with van der Waals surface area (Å²) in [7, 11) is 0. The van der Waals surface area contributed by atoms with Crippen LogP contribution in [-0.2, 0) is 17.6 Å². The maximum Gasteiger partial charge on any atom is 0.254 e. The van der Waals surface area contributed by atoms with Gasteiger partial charge in [-0.25, -0.2) is 0 Å². The first-order valence-corrected chi connectivity index (χ1v) is 6.17. The number of nitrogens with zero attached hydrogens (tertiary/aromatic N) is 1. The second kappa shape index (κ2) is 3.99.